The Bertz CT molecular complexity index is 1300. The molecule has 0 aliphatic carbocycles. The molecule has 2 amide bonds. The number of carbonyl (C=O) groups is 3. The molecular formula is C29H35N3O7S. The van der Waals surface area contributed by atoms with Gasteiger partial charge in [-0.05, 0) is 56.0 Å². The summed E-state index contributed by atoms with van der Waals surface area (Å²) < 4.78 is 10.3. The lowest BCUT2D eigenvalue weighted by molar-refractivity contribution is -0.387. The van der Waals surface area contributed by atoms with Gasteiger partial charge in [0, 0.05) is 30.1 Å². The highest BCUT2D eigenvalue weighted by atomic mass is 32.2. The molecule has 0 N–H and O–H groups in total. The molecule has 11 heteroatoms. The number of carbonyl (C=O) groups excluding carboxylic acids is 3. The molecule has 0 spiro atoms. The molecule has 1 aliphatic rings. The third-order valence-corrected chi connectivity index (χ3v) is 7.30. The summed E-state index contributed by atoms with van der Waals surface area (Å²) in [7, 11) is 1.21. The van der Waals surface area contributed by atoms with Gasteiger partial charge in [-0.2, -0.15) is 0 Å². The standard InChI is InChI=1S/C29H35N3O7S/c1-19(2)21-9-7-8-10-24(21)40-25-13-11-20(17-22(25)32(36)37)12-14-26(33)31-16-15-30(18-23(31)27(34)38-6)28(35)39-29(3,4)5/h7-14,17,19,23H,15-16,18H2,1-6H3. The Morgan fingerprint density at radius 2 is 1.80 bits per heavy atom. The number of amides is 2. The van der Waals surface area contributed by atoms with E-state index in [1.54, 1.807) is 32.9 Å². The van der Waals surface area contributed by atoms with E-state index in [1.807, 2.05) is 24.3 Å². The Balaban J connectivity index is 1.79. The molecule has 1 unspecified atom stereocenters. The average molecular weight is 570 g/mol. The highest BCUT2D eigenvalue weighted by Gasteiger charge is 2.38. The smallest absolute Gasteiger partial charge is 0.410 e. The van der Waals surface area contributed by atoms with Crippen LogP contribution in [0.25, 0.3) is 6.08 Å². The highest BCUT2D eigenvalue weighted by molar-refractivity contribution is 7.99. The van der Waals surface area contributed by atoms with E-state index in [9.17, 15) is 24.5 Å². The van der Waals surface area contributed by atoms with Crippen LogP contribution in [0, 0.1) is 10.1 Å². The number of nitrogens with zero attached hydrogens (tertiary/aromatic N) is 3. The van der Waals surface area contributed by atoms with E-state index >= 15 is 0 Å². The largest absolute Gasteiger partial charge is 0.467 e. The predicted molar refractivity (Wildman–Crippen MR) is 152 cm³/mol. The molecule has 0 aromatic heterocycles. The van der Waals surface area contributed by atoms with Crippen LogP contribution in [0.1, 0.15) is 51.7 Å². The van der Waals surface area contributed by atoms with E-state index in [0.29, 0.717) is 10.5 Å². The van der Waals surface area contributed by atoms with Gasteiger partial charge in [-0.1, -0.05) is 49.9 Å². The third kappa shape index (κ3) is 7.84. The lowest BCUT2D eigenvalue weighted by atomic mass is 10.0. The Morgan fingerprint density at radius 3 is 2.42 bits per heavy atom. The number of piperazine rings is 1. The molecule has 1 heterocycles. The maximum Gasteiger partial charge on any atom is 0.410 e. The van der Waals surface area contributed by atoms with Crippen LogP contribution in [0.2, 0.25) is 0 Å². The quantitative estimate of drug-likeness (QED) is 0.186. The first-order valence-corrected chi connectivity index (χ1v) is 13.7. The molecule has 1 saturated heterocycles. The lowest BCUT2D eigenvalue weighted by Crippen LogP contribution is -2.59. The molecule has 10 nitrogen and oxygen atoms in total. The van der Waals surface area contributed by atoms with E-state index in [1.165, 1.54) is 46.9 Å². The number of nitro groups is 1. The summed E-state index contributed by atoms with van der Waals surface area (Å²) in [5.74, 6) is -0.879. The van der Waals surface area contributed by atoms with E-state index in [2.05, 4.69) is 13.8 Å². The minimum atomic E-state index is -1.02. The Kier molecular flexibility index (Phi) is 9.97. The number of hydrogen-bond donors (Lipinski definition) is 0. The van der Waals surface area contributed by atoms with Crippen molar-refractivity contribution in [1.29, 1.82) is 0 Å². The summed E-state index contributed by atoms with van der Waals surface area (Å²) in [5, 5.41) is 11.9. The minimum absolute atomic E-state index is 0.0726. The molecule has 0 radical (unpaired) electrons. The molecule has 1 aliphatic heterocycles. The molecule has 3 rings (SSSR count). The van der Waals surface area contributed by atoms with Crippen molar-refractivity contribution in [3.05, 3.63) is 69.8 Å². The fourth-order valence-electron chi connectivity index (χ4n) is 4.18. The van der Waals surface area contributed by atoms with Gasteiger partial charge in [0.1, 0.15) is 11.6 Å². The number of esters is 1. The Labute approximate surface area is 238 Å². The van der Waals surface area contributed by atoms with Gasteiger partial charge < -0.3 is 19.3 Å². The Morgan fingerprint density at radius 1 is 1.10 bits per heavy atom. The summed E-state index contributed by atoms with van der Waals surface area (Å²) in [6.07, 6.45) is 2.16. The predicted octanol–water partition coefficient (Wildman–Crippen LogP) is 5.50. The summed E-state index contributed by atoms with van der Waals surface area (Å²) in [4.78, 5) is 53.7. The van der Waals surface area contributed by atoms with Crippen molar-refractivity contribution in [3.63, 3.8) is 0 Å². The fourth-order valence-corrected chi connectivity index (χ4v) is 5.36. The number of nitro benzene ring substituents is 1. The van der Waals surface area contributed by atoms with Crippen LogP contribution in [-0.2, 0) is 19.1 Å². The zero-order valence-electron chi connectivity index (χ0n) is 23.6. The van der Waals surface area contributed by atoms with E-state index < -0.39 is 34.5 Å². The van der Waals surface area contributed by atoms with E-state index in [4.69, 9.17) is 9.47 Å². The average Bonchev–Trinajstić information content (AvgIpc) is 2.90. The van der Waals surface area contributed by atoms with Gasteiger partial charge in [-0.25, -0.2) is 9.59 Å². The second-order valence-electron chi connectivity index (χ2n) is 10.6. The first-order chi connectivity index (χ1) is 18.8. The number of rotatable bonds is 7. The van der Waals surface area contributed by atoms with Crippen molar-refractivity contribution < 1.29 is 28.8 Å². The summed E-state index contributed by atoms with van der Waals surface area (Å²) in [5.41, 5.74) is 0.783. The molecule has 2 aromatic carbocycles. The van der Waals surface area contributed by atoms with Gasteiger partial charge in [0.25, 0.3) is 5.69 Å². The van der Waals surface area contributed by atoms with Crippen LogP contribution in [0.5, 0.6) is 0 Å². The van der Waals surface area contributed by atoms with E-state index in [-0.39, 0.29) is 31.2 Å². The topological polar surface area (TPSA) is 119 Å². The first kappa shape index (κ1) is 30.7. The fraction of sp³-hybridized carbons (Fsp3) is 0.414. The van der Waals surface area contributed by atoms with E-state index in [0.717, 1.165) is 10.5 Å². The van der Waals surface area contributed by atoms with Crippen molar-refractivity contribution in [2.75, 3.05) is 26.7 Å². The molecule has 214 valence electrons. The van der Waals surface area contributed by atoms with Gasteiger partial charge in [-0.15, -0.1) is 0 Å². The molecule has 40 heavy (non-hydrogen) atoms. The number of benzene rings is 2. The van der Waals surface area contributed by atoms with Crippen LogP contribution in [0.4, 0.5) is 10.5 Å². The van der Waals surface area contributed by atoms with Crippen molar-refractivity contribution in [3.8, 4) is 0 Å². The third-order valence-electron chi connectivity index (χ3n) is 6.15. The highest BCUT2D eigenvalue weighted by Crippen LogP contribution is 2.39. The van der Waals surface area contributed by atoms with Gasteiger partial charge in [0.05, 0.1) is 23.5 Å². The maximum absolute atomic E-state index is 13.1. The second-order valence-corrected chi connectivity index (χ2v) is 11.7. The Hall–Kier alpha value is -3.86. The van der Waals surface area contributed by atoms with Gasteiger partial charge in [0.2, 0.25) is 5.91 Å². The normalized spacial score (nSPS) is 15.8. The molecule has 2 aromatic rings. The monoisotopic (exact) mass is 569 g/mol. The van der Waals surface area contributed by atoms with Gasteiger partial charge >= 0.3 is 12.1 Å². The molecule has 0 saturated carbocycles. The van der Waals surface area contributed by atoms with Crippen LogP contribution < -0.4 is 0 Å². The summed E-state index contributed by atoms with van der Waals surface area (Å²) in [6, 6.07) is 11.6. The number of hydrogen-bond acceptors (Lipinski definition) is 8. The van der Waals surface area contributed by atoms with Crippen LogP contribution in [0.3, 0.4) is 0 Å². The molecule has 1 fully saturated rings. The lowest BCUT2D eigenvalue weighted by Gasteiger charge is -2.39. The zero-order chi connectivity index (χ0) is 29.6. The number of methoxy groups -OCH3 is 1. The van der Waals surface area contributed by atoms with Gasteiger partial charge in [0.15, 0.2) is 0 Å². The van der Waals surface area contributed by atoms with Crippen molar-refractivity contribution >= 4 is 41.5 Å². The molecule has 0 bridgehead atoms. The summed E-state index contributed by atoms with van der Waals surface area (Å²) in [6.45, 7) is 9.57. The van der Waals surface area contributed by atoms with Crippen molar-refractivity contribution in [1.82, 2.24) is 9.80 Å². The number of ether oxygens (including phenoxy) is 2. The van der Waals surface area contributed by atoms with Crippen molar-refractivity contribution in [2.24, 2.45) is 0 Å². The van der Waals surface area contributed by atoms with Crippen LogP contribution in [0.15, 0.2) is 58.3 Å². The maximum atomic E-state index is 13.1. The zero-order valence-corrected chi connectivity index (χ0v) is 24.4. The molecular weight excluding hydrogens is 534 g/mol. The first-order valence-electron chi connectivity index (χ1n) is 12.9. The SMILES string of the molecule is COC(=O)C1CN(C(=O)OC(C)(C)C)CCN1C(=O)C=Cc1ccc(Sc2ccccc2C(C)C)c([N+](=O)[O-])c1. The van der Waals surface area contributed by atoms with Crippen LogP contribution >= 0.6 is 11.8 Å². The molecule has 1 atom stereocenters. The summed E-state index contributed by atoms with van der Waals surface area (Å²) >= 11 is 1.33. The van der Waals surface area contributed by atoms with Crippen molar-refractivity contribution in [2.45, 2.75) is 62.0 Å². The van der Waals surface area contributed by atoms with Crippen LogP contribution in [-0.4, -0.2) is 71.1 Å². The minimum Gasteiger partial charge on any atom is -0.467 e. The van der Waals surface area contributed by atoms with Gasteiger partial charge in [-0.3, -0.25) is 14.9 Å². The second kappa shape index (κ2) is 13.0.